The highest BCUT2D eigenvalue weighted by molar-refractivity contribution is 6.30. The van der Waals surface area contributed by atoms with Crippen molar-refractivity contribution in [2.24, 2.45) is 5.92 Å². The highest BCUT2D eigenvalue weighted by Crippen LogP contribution is 2.26. The number of hydrogen-bond donors (Lipinski definition) is 1. The second kappa shape index (κ2) is 5.89. The molecular weight excluding hydrogens is 258 g/mol. The van der Waals surface area contributed by atoms with Gasteiger partial charge in [-0.3, -0.25) is 0 Å². The quantitative estimate of drug-likeness (QED) is 0.833. The number of nitrogens with zero attached hydrogens (tertiary/aromatic N) is 1. The molecule has 102 valence electrons. The van der Waals surface area contributed by atoms with Crippen molar-refractivity contribution in [3.63, 3.8) is 0 Å². The normalized spacial score (nSPS) is 13.2. The van der Waals surface area contributed by atoms with Crippen LogP contribution in [0.5, 0.6) is 0 Å². The van der Waals surface area contributed by atoms with Crippen LogP contribution < -0.4 is 0 Å². The fourth-order valence-corrected chi connectivity index (χ4v) is 2.53. The second-order valence-electron chi connectivity index (χ2n) is 5.39. The van der Waals surface area contributed by atoms with E-state index in [1.54, 1.807) is 0 Å². The van der Waals surface area contributed by atoms with Gasteiger partial charge in [0.15, 0.2) is 0 Å². The molecule has 0 aliphatic heterocycles. The van der Waals surface area contributed by atoms with Crippen LogP contribution >= 0.6 is 11.6 Å². The molecule has 19 heavy (non-hydrogen) atoms. The number of aliphatic hydroxyl groups is 1. The number of benzene rings is 1. The van der Waals surface area contributed by atoms with Gasteiger partial charge in [0.2, 0.25) is 0 Å². The molecule has 1 N–H and O–H groups in total. The van der Waals surface area contributed by atoms with E-state index in [0.29, 0.717) is 11.1 Å². The number of halogens is 1. The van der Waals surface area contributed by atoms with Crippen molar-refractivity contribution in [2.75, 3.05) is 0 Å². The molecule has 1 atom stereocenters. The summed E-state index contributed by atoms with van der Waals surface area (Å²) in [5.41, 5.74) is 2.87. The van der Waals surface area contributed by atoms with Gasteiger partial charge in [-0.05, 0) is 48.1 Å². The Hall–Kier alpha value is -1.12. The maximum absolute atomic E-state index is 10.2. The van der Waals surface area contributed by atoms with Crippen LogP contribution in [0, 0.1) is 5.92 Å². The van der Waals surface area contributed by atoms with Crippen LogP contribution in [0.1, 0.15) is 44.4 Å². The highest BCUT2D eigenvalue weighted by atomic mass is 35.5. The van der Waals surface area contributed by atoms with E-state index in [9.17, 15) is 5.11 Å². The Bertz CT molecular complexity index is 580. The van der Waals surface area contributed by atoms with Crippen LogP contribution in [-0.2, 0) is 6.42 Å². The summed E-state index contributed by atoms with van der Waals surface area (Å²) in [6.45, 7) is 6.29. The molecule has 0 bridgehead atoms. The number of pyridine rings is 1. The lowest BCUT2D eigenvalue weighted by Gasteiger charge is -2.14. The Morgan fingerprint density at radius 3 is 2.63 bits per heavy atom. The first-order valence-corrected chi connectivity index (χ1v) is 7.16. The molecule has 3 heteroatoms. The standard InChI is InChI=1S/C16H20ClNO/c1-4-11-8-13-9-12(15(19)7-10(2)3)5-6-14(13)18-16(11)17/h5-6,8-10,15,19H,4,7H2,1-3H3/t15-/m0/s1. The van der Waals surface area contributed by atoms with Crippen LogP contribution in [0.4, 0.5) is 0 Å². The largest absolute Gasteiger partial charge is 0.388 e. The number of hydrogen-bond acceptors (Lipinski definition) is 2. The van der Waals surface area contributed by atoms with E-state index < -0.39 is 6.10 Å². The molecule has 2 aromatic rings. The smallest absolute Gasteiger partial charge is 0.132 e. The zero-order valence-corrected chi connectivity index (χ0v) is 12.4. The maximum Gasteiger partial charge on any atom is 0.132 e. The first-order chi connectivity index (χ1) is 9.01. The van der Waals surface area contributed by atoms with Crippen molar-refractivity contribution < 1.29 is 5.11 Å². The van der Waals surface area contributed by atoms with Crippen LogP contribution in [0.2, 0.25) is 5.15 Å². The van der Waals surface area contributed by atoms with E-state index in [0.717, 1.165) is 34.9 Å². The third kappa shape index (κ3) is 3.26. The van der Waals surface area contributed by atoms with Gasteiger partial charge in [-0.1, -0.05) is 38.4 Å². The zero-order valence-electron chi connectivity index (χ0n) is 11.7. The average molecular weight is 278 g/mol. The third-order valence-corrected chi connectivity index (χ3v) is 3.65. The van der Waals surface area contributed by atoms with Crippen molar-refractivity contribution in [1.29, 1.82) is 0 Å². The van der Waals surface area contributed by atoms with Gasteiger partial charge >= 0.3 is 0 Å². The molecule has 0 spiro atoms. The van der Waals surface area contributed by atoms with Gasteiger partial charge in [-0.2, -0.15) is 0 Å². The predicted molar refractivity (Wildman–Crippen MR) is 80.5 cm³/mol. The Labute approximate surface area is 119 Å². The van der Waals surface area contributed by atoms with E-state index in [4.69, 9.17) is 11.6 Å². The fourth-order valence-electron chi connectivity index (χ4n) is 2.25. The van der Waals surface area contributed by atoms with Gasteiger partial charge < -0.3 is 5.11 Å². The summed E-state index contributed by atoms with van der Waals surface area (Å²) in [4.78, 5) is 4.39. The Kier molecular flexibility index (Phi) is 4.43. The minimum atomic E-state index is -0.412. The van der Waals surface area contributed by atoms with Crippen molar-refractivity contribution in [1.82, 2.24) is 4.98 Å². The molecule has 0 unspecified atom stereocenters. The summed E-state index contributed by atoms with van der Waals surface area (Å²) in [7, 11) is 0. The van der Waals surface area contributed by atoms with Crippen LogP contribution in [0.25, 0.3) is 10.9 Å². The van der Waals surface area contributed by atoms with Gasteiger partial charge in [-0.15, -0.1) is 0 Å². The first kappa shape index (κ1) is 14.3. The number of aliphatic hydroxyl groups excluding tert-OH is 1. The summed E-state index contributed by atoms with van der Waals surface area (Å²) < 4.78 is 0. The number of aryl methyl sites for hydroxylation is 1. The first-order valence-electron chi connectivity index (χ1n) is 6.78. The molecule has 0 radical (unpaired) electrons. The molecule has 2 rings (SSSR count). The minimum Gasteiger partial charge on any atom is -0.388 e. The summed E-state index contributed by atoms with van der Waals surface area (Å²) in [5.74, 6) is 0.472. The molecular formula is C16H20ClNO. The second-order valence-corrected chi connectivity index (χ2v) is 5.75. The topological polar surface area (TPSA) is 33.1 Å². The van der Waals surface area contributed by atoms with Gasteiger partial charge in [0.25, 0.3) is 0 Å². The lowest BCUT2D eigenvalue weighted by Crippen LogP contribution is -2.02. The summed E-state index contributed by atoms with van der Waals surface area (Å²) in [6.07, 6.45) is 1.22. The lowest BCUT2D eigenvalue weighted by atomic mass is 9.98. The van der Waals surface area contributed by atoms with E-state index in [-0.39, 0.29) is 0 Å². The highest BCUT2D eigenvalue weighted by Gasteiger charge is 2.11. The van der Waals surface area contributed by atoms with Gasteiger partial charge in [0.05, 0.1) is 11.6 Å². The molecule has 0 aliphatic rings. The Morgan fingerprint density at radius 1 is 1.26 bits per heavy atom. The molecule has 0 saturated heterocycles. The van der Waals surface area contributed by atoms with E-state index >= 15 is 0 Å². The molecule has 0 amide bonds. The number of aromatic nitrogens is 1. The predicted octanol–water partition coefficient (Wildman–Crippen LogP) is 4.53. The minimum absolute atomic E-state index is 0.412. The SMILES string of the molecule is CCc1cc2cc([C@@H](O)CC(C)C)ccc2nc1Cl. The van der Waals surface area contributed by atoms with Crippen LogP contribution in [0.3, 0.4) is 0 Å². The Morgan fingerprint density at radius 2 is 2.00 bits per heavy atom. The van der Waals surface area contributed by atoms with E-state index in [2.05, 4.69) is 31.8 Å². The van der Waals surface area contributed by atoms with Crippen molar-refractivity contribution in [2.45, 2.75) is 39.7 Å². The van der Waals surface area contributed by atoms with Crippen molar-refractivity contribution in [3.8, 4) is 0 Å². The monoisotopic (exact) mass is 277 g/mol. The van der Waals surface area contributed by atoms with Crippen molar-refractivity contribution >= 4 is 22.5 Å². The zero-order chi connectivity index (χ0) is 14.0. The molecule has 0 aliphatic carbocycles. The van der Waals surface area contributed by atoms with Gasteiger partial charge in [0.1, 0.15) is 5.15 Å². The number of fused-ring (bicyclic) bond motifs is 1. The summed E-state index contributed by atoms with van der Waals surface area (Å²) >= 11 is 6.11. The molecule has 2 nitrogen and oxygen atoms in total. The molecule has 0 fully saturated rings. The summed E-state index contributed by atoms with van der Waals surface area (Å²) in [6, 6.07) is 7.95. The molecule has 1 heterocycles. The number of rotatable bonds is 4. The maximum atomic E-state index is 10.2. The van der Waals surface area contributed by atoms with Gasteiger partial charge in [0, 0.05) is 5.39 Å². The van der Waals surface area contributed by atoms with Crippen molar-refractivity contribution in [3.05, 3.63) is 40.5 Å². The van der Waals surface area contributed by atoms with Crippen LogP contribution in [-0.4, -0.2) is 10.1 Å². The van der Waals surface area contributed by atoms with Crippen LogP contribution in [0.15, 0.2) is 24.3 Å². The van der Waals surface area contributed by atoms with E-state index in [1.165, 1.54) is 0 Å². The fraction of sp³-hybridized carbons (Fsp3) is 0.438. The van der Waals surface area contributed by atoms with Gasteiger partial charge in [-0.25, -0.2) is 4.98 Å². The lowest BCUT2D eigenvalue weighted by molar-refractivity contribution is 0.151. The summed E-state index contributed by atoms with van der Waals surface area (Å²) in [5, 5.41) is 11.8. The van der Waals surface area contributed by atoms with E-state index in [1.807, 2.05) is 18.2 Å². The Balaban J connectivity index is 2.41. The molecule has 0 saturated carbocycles. The molecule has 1 aromatic heterocycles. The average Bonchev–Trinajstić information content (AvgIpc) is 2.36. The third-order valence-electron chi connectivity index (χ3n) is 3.33. The molecule has 1 aromatic carbocycles.